The molecule has 0 aliphatic heterocycles. The molecule has 122 valence electrons. The van der Waals surface area contributed by atoms with Crippen molar-refractivity contribution >= 4 is 40.6 Å². The van der Waals surface area contributed by atoms with Crippen LogP contribution in [0, 0.1) is 0 Å². The molecule has 1 rings (SSSR count). The van der Waals surface area contributed by atoms with Gasteiger partial charge in [0.05, 0.1) is 6.61 Å². The molecule has 0 atom stereocenters. The predicted molar refractivity (Wildman–Crippen MR) is 96.0 cm³/mol. The molecular formula is C15H22N2O3S2. The van der Waals surface area contributed by atoms with Gasteiger partial charge >= 0.3 is 0 Å². The van der Waals surface area contributed by atoms with Gasteiger partial charge in [-0.2, -0.15) is 0 Å². The summed E-state index contributed by atoms with van der Waals surface area (Å²) in [5.74, 6) is 0.209. The molecule has 0 unspecified atom stereocenters. The van der Waals surface area contributed by atoms with E-state index in [1.54, 1.807) is 4.90 Å². The van der Waals surface area contributed by atoms with Crippen LogP contribution in [0.2, 0.25) is 0 Å². The lowest BCUT2D eigenvalue weighted by Crippen LogP contribution is -2.23. The van der Waals surface area contributed by atoms with Crippen molar-refractivity contribution in [2.45, 2.75) is 19.3 Å². The Labute approximate surface area is 142 Å². The van der Waals surface area contributed by atoms with Gasteiger partial charge in [-0.05, 0) is 36.4 Å². The van der Waals surface area contributed by atoms with Crippen LogP contribution in [0.4, 0.5) is 0 Å². The summed E-state index contributed by atoms with van der Waals surface area (Å²) in [6.45, 7) is 0.366. The first kappa shape index (κ1) is 20.3. The lowest BCUT2D eigenvalue weighted by atomic mass is 10.1. The van der Waals surface area contributed by atoms with Crippen LogP contribution < -0.4 is 5.73 Å². The molecule has 22 heavy (non-hydrogen) atoms. The highest BCUT2D eigenvalue weighted by atomic mass is 32.1. The second kappa shape index (κ2) is 11.9. The number of aliphatic hydroxyl groups is 1. The smallest absolute Gasteiger partial charge is 0.258 e. The molecule has 0 spiro atoms. The monoisotopic (exact) mass is 342 g/mol. The van der Waals surface area contributed by atoms with Gasteiger partial charge < -0.3 is 20.5 Å². The second-order valence-electron chi connectivity index (χ2n) is 4.62. The van der Waals surface area contributed by atoms with Crippen molar-refractivity contribution in [3.63, 3.8) is 0 Å². The number of ether oxygens (including phenoxy) is 1. The summed E-state index contributed by atoms with van der Waals surface area (Å²) in [5, 5.41) is 7.49. The number of nitrogens with two attached hydrogens (primary N) is 1. The molecule has 5 nitrogen and oxygen atoms in total. The van der Waals surface area contributed by atoms with E-state index in [2.05, 4.69) is 18.0 Å². The van der Waals surface area contributed by atoms with Crippen LogP contribution in [0.15, 0.2) is 30.3 Å². The van der Waals surface area contributed by atoms with Crippen molar-refractivity contribution in [3.8, 4) is 0 Å². The third-order valence-corrected chi connectivity index (χ3v) is 2.99. The van der Waals surface area contributed by atoms with E-state index in [1.165, 1.54) is 5.56 Å². The fourth-order valence-electron chi connectivity index (χ4n) is 1.43. The van der Waals surface area contributed by atoms with Crippen molar-refractivity contribution in [3.05, 3.63) is 35.9 Å². The number of aryl methyl sites for hydroxylation is 1. The molecule has 0 aliphatic rings. The lowest BCUT2D eigenvalue weighted by Gasteiger charge is -2.13. The first-order chi connectivity index (χ1) is 10.3. The molecule has 0 amide bonds. The van der Waals surface area contributed by atoms with Crippen LogP contribution in [0.25, 0.3) is 0 Å². The van der Waals surface area contributed by atoms with Crippen molar-refractivity contribution in [1.29, 1.82) is 0 Å². The van der Waals surface area contributed by atoms with Crippen molar-refractivity contribution in [2.75, 3.05) is 20.7 Å². The van der Waals surface area contributed by atoms with Crippen LogP contribution in [0.3, 0.4) is 0 Å². The quantitative estimate of drug-likeness (QED) is 0.768. The van der Waals surface area contributed by atoms with E-state index in [1.807, 2.05) is 44.4 Å². The molecular weight excluding hydrogens is 320 g/mol. The highest BCUT2D eigenvalue weighted by Gasteiger charge is 2.05. The number of aliphatic hydroxyl groups excluding tert-OH is 1. The minimum atomic E-state index is -0.500. The van der Waals surface area contributed by atoms with Gasteiger partial charge in [-0.3, -0.25) is 4.79 Å². The normalized spacial score (nSPS) is 9.18. The highest BCUT2D eigenvalue weighted by molar-refractivity contribution is 7.80. The number of hydrogen-bond acceptors (Lipinski definition) is 4. The SMILES string of the molecule is CN(C)C(=S)OCCC(=O)CCc1ccccc1.NC(O)=S. The maximum atomic E-state index is 11.6. The minimum absolute atomic E-state index is 0.209. The van der Waals surface area contributed by atoms with Crippen LogP contribution >= 0.6 is 24.4 Å². The third-order valence-electron chi connectivity index (χ3n) is 2.51. The largest absolute Gasteiger partial charge is 0.487 e. The van der Waals surface area contributed by atoms with E-state index in [-0.39, 0.29) is 5.78 Å². The van der Waals surface area contributed by atoms with Crippen LogP contribution in [0.5, 0.6) is 0 Å². The van der Waals surface area contributed by atoms with E-state index in [0.29, 0.717) is 24.6 Å². The summed E-state index contributed by atoms with van der Waals surface area (Å²) in [6.07, 6.45) is 1.76. The Morgan fingerprint density at radius 2 is 1.77 bits per heavy atom. The summed E-state index contributed by atoms with van der Waals surface area (Å²) >= 11 is 8.83. The average Bonchev–Trinajstić information content (AvgIpc) is 2.45. The van der Waals surface area contributed by atoms with Gasteiger partial charge in [-0.15, -0.1) is 0 Å². The Hall–Kier alpha value is -1.73. The van der Waals surface area contributed by atoms with Crippen molar-refractivity contribution < 1.29 is 14.6 Å². The Bertz CT molecular complexity index is 475. The van der Waals surface area contributed by atoms with E-state index in [9.17, 15) is 4.79 Å². The first-order valence-corrected chi connectivity index (χ1v) is 7.52. The van der Waals surface area contributed by atoms with E-state index < -0.39 is 5.17 Å². The maximum Gasteiger partial charge on any atom is 0.258 e. The molecule has 1 aromatic rings. The average molecular weight is 342 g/mol. The van der Waals surface area contributed by atoms with Crippen LogP contribution in [0.1, 0.15) is 18.4 Å². The molecule has 0 bridgehead atoms. The Morgan fingerprint density at radius 1 is 1.23 bits per heavy atom. The van der Waals surface area contributed by atoms with Gasteiger partial charge in [0.1, 0.15) is 5.78 Å². The van der Waals surface area contributed by atoms with Gasteiger partial charge in [-0.1, -0.05) is 30.3 Å². The van der Waals surface area contributed by atoms with Gasteiger partial charge in [0.25, 0.3) is 10.3 Å². The van der Waals surface area contributed by atoms with Gasteiger partial charge in [-0.25, -0.2) is 0 Å². The maximum absolute atomic E-state index is 11.6. The summed E-state index contributed by atoms with van der Waals surface area (Å²) < 4.78 is 5.26. The van der Waals surface area contributed by atoms with Gasteiger partial charge in [0.15, 0.2) is 0 Å². The van der Waals surface area contributed by atoms with E-state index in [0.717, 1.165) is 6.42 Å². The summed E-state index contributed by atoms with van der Waals surface area (Å²) in [5.41, 5.74) is 5.59. The Balaban J connectivity index is 0.000000980. The van der Waals surface area contributed by atoms with E-state index >= 15 is 0 Å². The first-order valence-electron chi connectivity index (χ1n) is 6.71. The van der Waals surface area contributed by atoms with Crippen LogP contribution in [-0.4, -0.2) is 46.8 Å². The molecule has 0 aromatic heterocycles. The predicted octanol–water partition coefficient (Wildman–Crippen LogP) is 2.23. The number of carbonyl (C=O) groups excluding carboxylic acids is 1. The summed E-state index contributed by atoms with van der Waals surface area (Å²) in [6, 6.07) is 10.0. The number of nitrogens with zero attached hydrogens (tertiary/aromatic N) is 1. The molecule has 0 aliphatic carbocycles. The van der Waals surface area contributed by atoms with Crippen LogP contribution in [-0.2, 0) is 16.0 Å². The van der Waals surface area contributed by atoms with Crippen molar-refractivity contribution in [2.24, 2.45) is 5.73 Å². The molecule has 0 radical (unpaired) electrons. The zero-order valence-corrected chi connectivity index (χ0v) is 14.5. The number of hydrogen-bond donors (Lipinski definition) is 2. The number of thiocarbonyl (C=S) groups is 2. The highest BCUT2D eigenvalue weighted by Crippen LogP contribution is 2.04. The molecule has 1 aromatic carbocycles. The van der Waals surface area contributed by atoms with Crippen molar-refractivity contribution in [1.82, 2.24) is 4.90 Å². The standard InChI is InChI=1S/C14H19NO2S.CH3NOS/c1-15(2)14(18)17-11-10-13(16)9-8-12-6-4-3-5-7-12;2-1(3)4/h3-7H,8-11H2,1-2H3;(H3,2,3,4). The van der Waals surface area contributed by atoms with Gasteiger partial charge in [0.2, 0.25) is 0 Å². The summed E-state index contributed by atoms with van der Waals surface area (Å²) in [7, 11) is 3.64. The number of ketones is 1. The zero-order chi connectivity index (χ0) is 17.0. The number of carbonyl (C=O) groups is 1. The third kappa shape index (κ3) is 12.0. The topological polar surface area (TPSA) is 75.8 Å². The molecule has 0 heterocycles. The minimum Gasteiger partial charge on any atom is -0.487 e. The van der Waals surface area contributed by atoms with E-state index in [4.69, 9.17) is 22.1 Å². The number of Topliss-reactive ketones (excluding diaryl/α,β-unsaturated/α-hetero) is 1. The van der Waals surface area contributed by atoms with Gasteiger partial charge in [0, 0.05) is 26.9 Å². The molecule has 0 saturated heterocycles. The molecule has 0 saturated carbocycles. The number of benzene rings is 1. The Morgan fingerprint density at radius 3 is 2.27 bits per heavy atom. The lowest BCUT2D eigenvalue weighted by molar-refractivity contribution is -0.119. The zero-order valence-electron chi connectivity index (χ0n) is 12.8. The molecule has 0 fully saturated rings. The second-order valence-corrected chi connectivity index (χ2v) is 5.39. The molecule has 7 heteroatoms. The summed E-state index contributed by atoms with van der Waals surface area (Å²) in [4.78, 5) is 13.3. The molecule has 3 N–H and O–H groups in total. The Kier molecular flexibility index (Phi) is 10.9. The fraction of sp³-hybridized carbons (Fsp3) is 0.400. The number of rotatable bonds is 6. The fourth-order valence-corrected chi connectivity index (χ4v) is 1.52.